The molecule has 2 rings (SSSR count). The van der Waals surface area contributed by atoms with Crippen LogP contribution in [-0.4, -0.2) is 16.2 Å². The van der Waals surface area contributed by atoms with Crippen LogP contribution in [0, 0.1) is 2.88 Å². The molecule has 0 amide bonds. The molecule has 0 bridgehead atoms. The van der Waals surface area contributed by atoms with Gasteiger partial charge in [0.1, 0.15) is 0 Å². The molecule has 0 radical (unpaired) electrons. The van der Waals surface area contributed by atoms with Crippen molar-refractivity contribution in [2.24, 2.45) is 0 Å². The van der Waals surface area contributed by atoms with E-state index in [1.807, 2.05) is 11.4 Å². The van der Waals surface area contributed by atoms with Gasteiger partial charge >= 0.3 is 0 Å². The van der Waals surface area contributed by atoms with Crippen LogP contribution in [0.25, 0.3) is 11.5 Å². The van der Waals surface area contributed by atoms with Crippen LogP contribution in [0.4, 0.5) is 0 Å². The lowest BCUT2D eigenvalue weighted by atomic mass is 10.3. The molecule has 6 heteroatoms. The summed E-state index contributed by atoms with van der Waals surface area (Å²) in [6.07, 6.45) is 0. The van der Waals surface area contributed by atoms with Gasteiger partial charge in [-0.25, -0.2) is 0 Å². The highest BCUT2D eigenvalue weighted by molar-refractivity contribution is 14.1. The van der Waals surface area contributed by atoms with Crippen molar-refractivity contribution in [2.45, 2.75) is 26.4 Å². The first kappa shape index (κ1) is 12.0. The summed E-state index contributed by atoms with van der Waals surface area (Å²) in [4.78, 5) is 0. The van der Waals surface area contributed by atoms with E-state index in [1.165, 1.54) is 2.88 Å². The summed E-state index contributed by atoms with van der Waals surface area (Å²) in [5.41, 5.74) is 0.998. The average molecular weight is 349 g/mol. The van der Waals surface area contributed by atoms with Crippen molar-refractivity contribution in [2.75, 3.05) is 0 Å². The molecular weight excluding hydrogens is 337 g/mol. The van der Waals surface area contributed by atoms with E-state index >= 15 is 0 Å². The van der Waals surface area contributed by atoms with E-state index in [2.05, 4.69) is 52.0 Å². The number of hydrogen-bond donors (Lipinski definition) is 1. The van der Waals surface area contributed by atoms with Gasteiger partial charge in [-0.2, -0.15) is 0 Å². The Morgan fingerprint density at radius 3 is 2.94 bits per heavy atom. The molecule has 2 heterocycles. The maximum atomic E-state index is 5.55. The number of nitrogens with one attached hydrogen (secondary N) is 1. The summed E-state index contributed by atoms with van der Waals surface area (Å²) in [5, 5.41) is 13.3. The molecule has 1 N–H and O–H groups in total. The zero-order chi connectivity index (χ0) is 11.5. The Labute approximate surface area is 112 Å². The Balaban J connectivity index is 2.07. The van der Waals surface area contributed by atoms with Gasteiger partial charge in [0.05, 0.1) is 15.0 Å². The highest BCUT2D eigenvalue weighted by Crippen LogP contribution is 2.25. The van der Waals surface area contributed by atoms with Crippen molar-refractivity contribution < 1.29 is 4.42 Å². The summed E-state index contributed by atoms with van der Waals surface area (Å²) in [7, 11) is 0. The van der Waals surface area contributed by atoms with Crippen LogP contribution < -0.4 is 5.32 Å². The van der Waals surface area contributed by atoms with Gasteiger partial charge in [-0.3, -0.25) is 0 Å². The molecule has 0 aliphatic carbocycles. The summed E-state index contributed by atoms with van der Waals surface area (Å²) in [5.74, 6) is 1.23. The van der Waals surface area contributed by atoms with Crippen LogP contribution in [0.5, 0.6) is 0 Å². The topological polar surface area (TPSA) is 51.0 Å². The Morgan fingerprint density at radius 1 is 1.50 bits per heavy atom. The van der Waals surface area contributed by atoms with E-state index in [9.17, 15) is 0 Å². The second-order valence-corrected chi connectivity index (χ2v) is 6.48. The smallest absolute Gasteiger partial charge is 0.248 e. The van der Waals surface area contributed by atoms with Crippen molar-refractivity contribution in [3.63, 3.8) is 0 Å². The zero-order valence-corrected chi connectivity index (χ0v) is 12.0. The fraction of sp³-hybridized carbons (Fsp3) is 0.400. The molecule has 0 unspecified atom stereocenters. The first-order chi connectivity index (χ1) is 7.65. The molecule has 0 aliphatic rings. The third-order valence-corrected chi connectivity index (χ3v) is 3.73. The molecular formula is C10H12IN3OS. The normalized spacial score (nSPS) is 11.2. The minimum absolute atomic E-state index is 0.414. The van der Waals surface area contributed by atoms with Crippen molar-refractivity contribution in [3.05, 3.63) is 20.2 Å². The van der Waals surface area contributed by atoms with Crippen molar-refractivity contribution in [3.8, 4) is 11.5 Å². The molecule has 4 nitrogen and oxygen atoms in total. The number of thiophene rings is 1. The Morgan fingerprint density at radius 2 is 2.31 bits per heavy atom. The minimum Gasteiger partial charge on any atom is -0.419 e. The maximum Gasteiger partial charge on any atom is 0.248 e. The van der Waals surface area contributed by atoms with E-state index in [-0.39, 0.29) is 0 Å². The van der Waals surface area contributed by atoms with Crippen LogP contribution >= 0.6 is 33.9 Å². The molecule has 0 aromatic carbocycles. The molecule has 16 heavy (non-hydrogen) atoms. The summed E-state index contributed by atoms with van der Waals surface area (Å²) < 4.78 is 6.77. The predicted octanol–water partition coefficient (Wildman–Crippen LogP) is 2.90. The average Bonchev–Trinajstić information content (AvgIpc) is 2.83. The third kappa shape index (κ3) is 3.02. The van der Waals surface area contributed by atoms with Gasteiger partial charge in [-0.05, 0) is 28.7 Å². The highest BCUT2D eigenvalue weighted by atomic mass is 127. The lowest BCUT2D eigenvalue weighted by Crippen LogP contribution is -2.21. The zero-order valence-electron chi connectivity index (χ0n) is 9.03. The molecule has 2 aromatic heterocycles. The van der Waals surface area contributed by atoms with E-state index < -0.39 is 0 Å². The van der Waals surface area contributed by atoms with Crippen LogP contribution in [0.2, 0.25) is 0 Å². The van der Waals surface area contributed by atoms with Crippen LogP contribution in [0.3, 0.4) is 0 Å². The van der Waals surface area contributed by atoms with Crippen LogP contribution in [0.15, 0.2) is 15.9 Å². The van der Waals surface area contributed by atoms with Crippen molar-refractivity contribution in [1.82, 2.24) is 15.5 Å². The summed E-state index contributed by atoms with van der Waals surface area (Å²) >= 11 is 3.95. The Kier molecular flexibility index (Phi) is 3.93. The molecule has 0 fully saturated rings. The van der Waals surface area contributed by atoms with E-state index in [1.54, 1.807) is 11.3 Å². The van der Waals surface area contributed by atoms with Gasteiger partial charge in [-0.15, -0.1) is 21.5 Å². The maximum absolute atomic E-state index is 5.55. The number of nitrogens with zero attached hydrogens (tertiary/aromatic N) is 2. The molecule has 0 saturated heterocycles. The van der Waals surface area contributed by atoms with E-state index in [0.717, 1.165) is 5.56 Å². The van der Waals surface area contributed by atoms with Gasteiger partial charge < -0.3 is 9.73 Å². The first-order valence-electron chi connectivity index (χ1n) is 4.95. The molecule has 86 valence electrons. The predicted molar refractivity (Wildman–Crippen MR) is 72.3 cm³/mol. The Hall–Kier alpha value is -0.470. The van der Waals surface area contributed by atoms with Crippen molar-refractivity contribution >= 4 is 33.9 Å². The van der Waals surface area contributed by atoms with E-state index in [4.69, 9.17) is 4.42 Å². The summed E-state index contributed by atoms with van der Waals surface area (Å²) in [6, 6.07) is 2.45. The second kappa shape index (κ2) is 5.24. The number of aromatic nitrogens is 2. The molecule has 0 spiro atoms. The molecule has 0 saturated carbocycles. The lowest BCUT2D eigenvalue weighted by molar-refractivity contribution is 0.459. The highest BCUT2D eigenvalue weighted by Gasteiger charge is 2.10. The summed E-state index contributed by atoms with van der Waals surface area (Å²) in [6.45, 7) is 4.78. The standard InChI is InChI=1S/C10H12IN3OS/c1-6(2)12-4-9-13-14-10(15-9)7-3-8(11)16-5-7/h3,5-6,12H,4H2,1-2H3. The minimum atomic E-state index is 0.414. The second-order valence-electron chi connectivity index (χ2n) is 3.68. The van der Waals surface area contributed by atoms with Gasteiger partial charge in [-0.1, -0.05) is 13.8 Å². The third-order valence-electron chi connectivity index (χ3n) is 1.94. The molecule has 2 aromatic rings. The van der Waals surface area contributed by atoms with E-state index in [0.29, 0.717) is 24.4 Å². The SMILES string of the molecule is CC(C)NCc1nnc(-c2csc(I)c2)o1. The quantitative estimate of drug-likeness (QED) is 0.863. The fourth-order valence-corrected chi connectivity index (χ4v) is 2.48. The van der Waals surface area contributed by atoms with Crippen molar-refractivity contribution in [1.29, 1.82) is 0 Å². The van der Waals surface area contributed by atoms with Crippen LogP contribution in [-0.2, 0) is 6.54 Å². The molecule has 0 atom stereocenters. The van der Waals surface area contributed by atoms with Crippen LogP contribution in [0.1, 0.15) is 19.7 Å². The first-order valence-corrected chi connectivity index (χ1v) is 6.91. The Bertz CT molecular complexity index is 466. The number of halogens is 1. The lowest BCUT2D eigenvalue weighted by Gasteiger charge is -2.03. The monoisotopic (exact) mass is 349 g/mol. The largest absolute Gasteiger partial charge is 0.419 e. The molecule has 0 aliphatic heterocycles. The van der Waals surface area contributed by atoms with Gasteiger partial charge in [0.25, 0.3) is 0 Å². The van der Waals surface area contributed by atoms with Gasteiger partial charge in [0.2, 0.25) is 11.8 Å². The fourth-order valence-electron chi connectivity index (χ4n) is 1.16. The van der Waals surface area contributed by atoms with Gasteiger partial charge in [0, 0.05) is 11.4 Å². The number of hydrogen-bond acceptors (Lipinski definition) is 5. The van der Waals surface area contributed by atoms with Gasteiger partial charge in [0.15, 0.2) is 0 Å². The number of rotatable bonds is 4.